The van der Waals surface area contributed by atoms with E-state index in [9.17, 15) is 13.6 Å². The molecule has 0 amide bonds. The van der Waals surface area contributed by atoms with Crippen molar-refractivity contribution in [3.63, 3.8) is 0 Å². The van der Waals surface area contributed by atoms with Crippen molar-refractivity contribution in [1.29, 1.82) is 0 Å². The Bertz CT molecular complexity index is 371. The lowest BCUT2D eigenvalue weighted by Gasteiger charge is -2.04. The van der Waals surface area contributed by atoms with Gasteiger partial charge in [0, 0.05) is 22.8 Å². The van der Waals surface area contributed by atoms with Gasteiger partial charge < -0.3 is 15.2 Å². The maximum absolute atomic E-state index is 11.7. The zero-order valence-electron chi connectivity index (χ0n) is 9.70. The van der Waals surface area contributed by atoms with Gasteiger partial charge in [-0.1, -0.05) is 0 Å². The third-order valence-corrected chi connectivity index (χ3v) is 3.09. The van der Waals surface area contributed by atoms with Gasteiger partial charge >= 0.3 is 5.97 Å². The summed E-state index contributed by atoms with van der Waals surface area (Å²) >= 11 is 1.43. The maximum atomic E-state index is 11.7. The number of ether oxygens (including phenoxy) is 1. The van der Waals surface area contributed by atoms with Gasteiger partial charge in [0.25, 0.3) is 6.43 Å². The van der Waals surface area contributed by atoms with Crippen molar-refractivity contribution in [1.82, 2.24) is 5.32 Å². The molecule has 0 unspecified atom stereocenters. The first-order valence-corrected chi connectivity index (χ1v) is 6.25. The van der Waals surface area contributed by atoms with Crippen molar-refractivity contribution in [2.45, 2.75) is 19.4 Å². The van der Waals surface area contributed by atoms with Crippen molar-refractivity contribution in [2.75, 3.05) is 19.8 Å². The fourth-order valence-corrected chi connectivity index (χ4v) is 2.27. The van der Waals surface area contributed by atoms with Crippen molar-refractivity contribution < 1.29 is 23.4 Å². The highest BCUT2D eigenvalue weighted by molar-refractivity contribution is 7.12. The summed E-state index contributed by atoms with van der Waals surface area (Å²) in [6, 6.07) is 3.64. The average Bonchev–Trinajstić information content (AvgIpc) is 2.69. The number of carboxylic acid groups (broad SMARTS) is 1. The van der Waals surface area contributed by atoms with E-state index in [2.05, 4.69) is 5.32 Å². The van der Waals surface area contributed by atoms with Crippen molar-refractivity contribution >= 4 is 17.3 Å². The van der Waals surface area contributed by atoms with E-state index in [1.165, 1.54) is 11.3 Å². The Hall–Kier alpha value is -1.05. The van der Waals surface area contributed by atoms with Gasteiger partial charge in [-0.2, -0.15) is 0 Å². The van der Waals surface area contributed by atoms with Gasteiger partial charge in [-0.3, -0.25) is 4.79 Å². The number of rotatable bonds is 9. The number of halogens is 2. The SMILES string of the molecule is O=C(O)Cc1ccc(CNCCOCC(F)F)s1. The van der Waals surface area contributed by atoms with E-state index in [-0.39, 0.29) is 13.0 Å². The van der Waals surface area contributed by atoms with Crippen LogP contribution >= 0.6 is 11.3 Å². The van der Waals surface area contributed by atoms with Gasteiger partial charge in [-0.15, -0.1) is 11.3 Å². The lowest BCUT2D eigenvalue weighted by Crippen LogP contribution is -2.20. The summed E-state index contributed by atoms with van der Waals surface area (Å²) in [7, 11) is 0. The number of nitrogens with one attached hydrogen (secondary N) is 1. The van der Waals surface area contributed by atoms with Crippen molar-refractivity contribution in [3.8, 4) is 0 Å². The lowest BCUT2D eigenvalue weighted by molar-refractivity contribution is -0.136. The molecule has 0 atom stereocenters. The van der Waals surface area contributed by atoms with Gasteiger partial charge in [0.05, 0.1) is 13.0 Å². The van der Waals surface area contributed by atoms with Crippen molar-refractivity contribution in [2.24, 2.45) is 0 Å². The van der Waals surface area contributed by atoms with E-state index in [4.69, 9.17) is 9.84 Å². The molecule has 0 aromatic carbocycles. The predicted octanol–water partition coefficient (Wildman–Crippen LogP) is 1.75. The summed E-state index contributed by atoms with van der Waals surface area (Å²) in [5.74, 6) is -0.850. The molecular weight excluding hydrogens is 264 g/mol. The van der Waals surface area contributed by atoms with Crippen LogP contribution in [0.4, 0.5) is 8.78 Å². The number of carboxylic acids is 1. The fraction of sp³-hybridized carbons (Fsp3) is 0.545. The van der Waals surface area contributed by atoms with Crippen LogP contribution in [0.25, 0.3) is 0 Å². The number of carbonyl (C=O) groups is 1. The second-order valence-corrected chi connectivity index (χ2v) is 4.83. The largest absolute Gasteiger partial charge is 0.481 e. The van der Waals surface area contributed by atoms with E-state index in [0.29, 0.717) is 13.1 Å². The summed E-state index contributed by atoms with van der Waals surface area (Å²) in [6.45, 7) is 0.766. The number of alkyl halides is 2. The van der Waals surface area contributed by atoms with E-state index < -0.39 is 19.0 Å². The molecule has 1 rings (SSSR count). The molecule has 0 spiro atoms. The minimum atomic E-state index is -2.43. The highest BCUT2D eigenvalue weighted by Gasteiger charge is 2.04. The molecule has 0 aliphatic heterocycles. The van der Waals surface area contributed by atoms with Crippen LogP contribution in [0, 0.1) is 0 Å². The lowest BCUT2D eigenvalue weighted by atomic mass is 10.3. The molecule has 0 bridgehead atoms. The number of hydrogen-bond acceptors (Lipinski definition) is 4. The van der Waals surface area contributed by atoms with E-state index in [1.54, 1.807) is 6.07 Å². The molecule has 4 nitrogen and oxygen atoms in total. The molecule has 102 valence electrons. The Labute approximate surface area is 108 Å². The Morgan fingerprint density at radius 3 is 2.83 bits per heavy atom. The first-order chi connectivity index (χ1) is 8.58. The topological polar surface area (TPSA) is 58.6 Å². The summed E-state index contributed by atoms with van der Waals surface area (Å²) in [5, 5.41) is 11.6. The monoisotopic (exact) mass is 279 g/mol. The number of hydrogen-bond donors (Lipinski definition) is 2. The summed E-state index contributed by atoms with van der Waals surface area (Å²) in [4.78, 5) is 12.3. The molecule has 0 saturated heterocycles. The van der Waals surface area contributed by atoms with E-state index in [0.717, 1.165) is 9.75 Å². The molecule has 0 aliphatic carbocycles. The van der Waals surface area contributed by atoms with Gasteiger partial charge in [-0.05, 0) is 12.1 Å². The fourth-order valence-electron chi connectivity index (χ4n) is 1.29. The molecular formula is C11H15F2NO3S. The van der Waals surface area contributed by atoms with Gasteiger partial charge in [0.1, 0.15) is 6.61 Å². The Morgan fingerprint density at radius 2 is 2.17 bits per heavy atom. The average molecular weight is 279 g/mol. The van der Waals surface area contributed by atoms with Crippen LogP contribution in [-0.2, 0) is 22.5 Å². The second kappa shape index (κ2) is 8.12. The highest BCUT2D eigenvalue weighted by atomic mass is 32.1. The molecule has 18 heavy (non-hydrogen) atoms. The van der Waals surface area contributed by atoms with E-state index in [1.807, 2.05) is 6.07 Å². The van der Waals surface area contributed by atoms with Crippen molar-refractivity contribution in [3.05, 3.63) is 21.9 Å². The third-order valence-electron chi connectivity index (χ3n) is 2.01. The third kappa shape index (κ3) is 6.63. The Balaban J connectivity index is 2.12. The van der Waals surface area contributed by atoms with Crippen LogP contribution in [-0.4, -0.2) is 37.3 Å². The molecule has 0 radical (unpaired) electrons. The second-order valence-electron chi connectivity index (χ2n) is 3.58. The summed E-state index contributed by atoms with van der Waals surface area (Å²) < 4.78 is 28.2. The smallest absolute Gasteiger partial charge is 0.308 e. The molecule has 0 fully saturated rings. The van der Waals surface area contributed by atoms with E-state index >= 15 is 0 Å². The molecule has 1 aromatic rings. The van der Waals surface area contributed by atoms with Crippen LogP contribution < -0.4 is 5.32 Å². The maximum Gasteiger partial charge on any atom is 0.308 e. The van der Waals surface area contributed by atoms with Crippen LogP contribution in [0.3, 0.4) is 0 Å². The molecule has 2 N–H and O–H groups in total. The minimum Gasteiger partial charge on any atom is -0.481 e. The zero-order chi connectivity index (χ0) is 13.4. The predicted molar refractivity (Wildman–Crippen MR) is 64.2 cm³/mol. The molecule has 7 heteroatoms. The summed E-state index contributed by atoms with van der Waals surface area (Å²) in [6.07, 6.45) is -2.40. The van der Waals surface area contributed by atoms with Gasteiger partial charge in [0.2, 0.25) is 0 Å². The summed E-state index contributed by atoms with van der Waals surface area (Å²) in [5.41, 5.74) is 0. The molecule has 0 saturated carbocycles. The van der Waals surface area contributed by atoms with Crippen LogP contribution in [0.15, 0.2) is 12.1 Å². The highest BCUT2D eigenvalue weighted by Crippen LogP contribution is 2.16. The Kier molecular flexibility index (Phi) is 6.77. The first kappa shape index (κ1) is 15.0. The number of thiophene rings is 1. The van der Waals surface area contributed by atoms with Crippen LogP contribution in [0.2, 0.25) is 0 Å². The molecule has 1 heterocycles. The van der Waals surface area contributed by atoms with Crippen LogP contribution in [0.5, 0.6) is 0 Å². The standard InChI is InChI=1S/C11H15F2NO3S/c12-10(13)7-17-4-3-14-6-9-2-1-8(18-9)5-11(15)16/h1-2,10,14H,3-7H2,(H,15,16). The van der Waals surface area contributed by atoms with Gasteiger partial charge in [-0.25, -0.2) is 8.78 Å². The van der Waals surface area contributed by atoms with Crippen LogP contribution in [0.1, 0.15) is 9.75 Å². The quantitative estimate of drug-likeness (QED) is 0.676. The Morgan fingerprint density at radius 1 is 1.44 bits per heavy atom. The normalized spacial score (nSPS) is 11.1. The zero-order valence-corrected chi connectivity index (χ0v) is 10.5. The minimum absolute atomic E-state index is 0.0299. The molecule has 1 aromatic heterocycles. The molecule has 0 aliphatic rings. The van der Waals surface area contributed by atoms with Gasteiger partial charge in [0.15, 0.2) is 0 Å². The number of aliphatic carboxylic acids is 1. The first-order valence-electron chi connectivity index (χ1n) is 5.44.